The number of primary amides is 1. The molecule has 0 aliphatic rings. The molecule has 3 rings (SSSR count). The number of halogens is 2. The van der Waals surface area contributed by atoms with E-state index in [0.29, 0.717) is 19.4 Å². The van der Waals surface area contributed by atoms with E-state index in [1.807, 2.05) is 27.7 Å². The molecular weight excluding hydrogens is 562 g/mol. The standard InChI is InChI=1S/C16H23FO3.C9H10N2O4.C7H7F/c1-5-15(18)20-12(2)10-16(3,4)19-11-13-6-8-14(17)9-7-13;1-5(12)15-8-6(14-2)3-4-11-7(8)9(10)13;1-6-2-4-7(8)5-3-6/h6-9,12H,5,10-11H2,1-4H3;3-4H,1-2H3,(H2,10,13);2-5H,1H3. The van der Waals surface area contributed by atoms with Crippen LogP contribution in [0.3, 0.4) is 0 Å². The van der Waals surface area contributed by atoms with Gasteiger partial charge >= 0.3 is 11.9 Å². The average Bonchev–Trinajstić information content (AvgIpc) is 2.94. The summed E-state index contributed by atoms with van der Waals surface area (Å²) in [5.41, 5.74) is 6.52. The molecule has 2 N–H and O–H groups in total. The van der Waals surface area contributed by atoms with Crippen LogP contribution in [0.15, 0.2) is 60.8 Å². The summed E-state index contributed by atoms with van der Waals surface area (Å²) in [6.07, 6.45) is 2.14. The number of benzene rings is 2. The SMILES string of the molecule is CCC(=O)OC(C)CC(C)(C)OCc1ccc(F)cc1.COc1ccnc(C(N)=O)c1OC(C)=O.Cc1ccc(F)cc1. The Balaban J connectivity index is 0.000000351. The number of pyridine rings is 1. The van der Waals surface area contributed by atoms with Gasteiger partial charge in [-0.25, -0.2) is 13.8 Å². The molecular formula is C32H40F2N2O7. The Morgan fingerprint density at radius 1 is 0.977 bits per heavy atom. The van der Waals surface area contributed by atoms with Gasteiger partial charge in [0.25, 0.3) is 5.91 Å². The van der Waals surface area contributed by atoms with Crippen molar-refractivity contribution in [1.29, 1.82) is 0 Å². The van der Waals surface area contributed by atoms with Gasteiger partial charge in [-0.2, -0.15) is 0 Å². The minimum atomic E-state index is -0.787. The average molecular weight is 603 g/mol. The van der Waals surface area contributed by atoms with Crippen molar-refractivity contribution in [3.8, 4) is 11.5 Å². The maximum Gasteiger partial charge on any atom is 0.308 e. The zero-order valence-electron chi connectivity index (χ0n) is 25.6. The van der Waals surface area contributed by atoms with Gasteiger partial charge in [-0.05, 0) is 57.5 Å². The molecule has 0 fully saturated rings. The first kappa shape index (κ1) is 36.6. The molecule has 1 amide bonds. The number of carbonyl (C=O) groups is 3. The summed E-state index contributed by atoms with van der Waals surface area (Å²) in [4.78, 5) is 36.7. The summed E-state index contributed by atoms with van der Waals surface area (Å²) in [6, 6.07) is 14.1. The van der Waals surface area contributed by atoms with Crippen molar-refractivity contribution in [2.75, 3.05) is 7.11 Å². The second-order valence-corrected chi connectivity index (χ2v) is 9.98. The Labute approximate surface area is 251 Å². The molecule has 1 heterocycles. The molecule has 0 saturated carbocycles. The van der Waals surface area contributed by atoms with E-state index >= 15 is 0 Å². The minimum absolute atomic E-state index is 0.0556. The maximum absolute atomic E-state index is 12.8. The normalized spacial score (nSPS) is 11.1. The summed E-state index contributed by atoms with van der Waals surface area (Å²) in [6.45, 7) is 11.1. The van der Waals surface area contributed by atoms with E-state index in [1.54, 1.807) is 31.2 Å². The molecule has 0 saturated heterocycles. The Bertz CT molecular complexity index is 1290. The number of amides is 1. The Kier molecular flexibility index (Phi) is 15.5. The summed E-state index contributed by atoms with van der Waals surface area (Å²) >= 11 is 0. The molecule has 0 spiro atoms. The second-order valence-electron chi connectivity index (χ2n) is 9.98. The van der Waals surface area contributed by atoms with Gasteiger partial charge in [0.05, 0.1) is 19.3 Å². The number of nitrogens with two attached hydrogens (primary N) is 1. The lowest BCUT2D eigenvalue weighted by molar-refractivity contribution is -0.151. The first-order valence-corrected chi connectivity index (χ1v) is 13.5. The molecule has 0 aliphatic carbocycles. The number of methoxy groups -OCH3 is 1. The summed E-state index contributed by atoms with van der Waals surface area (Å²) in [7, 11) is 1.38. The van der Waals surface area contributed by atoms with Gasteiger partial charge in [0.2, 0.25) is 5.75 Å². The number of esters is 2. The summed E-state index contributed by atoms with van der Waals surface area (Å²) < 4.78 is 45.7. The Morgan fingerprint density at radius 3 is 2.00 bits per heavy atom. The van der Waals surface area contributed by atoms with Crippen LogP contribution in [0, 0.1) is 18.6 Å². The van der Waals surface area contributed by atoms with Crippen LogP contribution in [0.2, 0.25) is 0 Å². The van der Waals surface area contributed by atoms with Crippen molar-refractivity contribution in [1.82, 2.24) is 4.98 Å². The van der Waals surface area contributed by atoms with Crippen LogP contribution in [0.5, 0.6) is 11.5 Å². The molecule has 1 atom stereocenters. The quantitative estimate of drug-likeness (QED) is 0.276. The number of hydrogen-bond donors (Lipinski definition) is 1. The number of aromatic nitrogens is 1. The van der Waals surface area contributed by atoms with Crippen molar-refractivity contribution in [2.24, 2.45) is 5.73 Å². The van der Waals surface area contributed by atoms with E-state index in [0.717, 1.165) is 11.1 Å². The maximum atomic E-state index is 12.8. The second kappa shape index (κ2) is 18.2. The zero-order valence-corrected chi connectivity index (χ0v) is 25.6. The number of aryl methyl sites for hydroxylation is 1. The highest BCUT2D eigenvalue weighted by atomic mass is 19.1. The molecule has 1 unspecified atom stereocenters. The topological polar surface area (TPSA) is 127 Å². The third-order valence-corrected chi connectivity index (χ3v) is 5.52. The number of ether oxygens (including phenoxy) is 4. The van der Waals surface area contributed by atoms with E-state index in [4.69, 9.17) is 24.7 Å². The van der Waals surface area contributed by atoms with Gasteiger partial charge in [-0.3, -0.25) is 14.4 Å². The summed E-state index contributed by atoms with van der Waals surface area (Å²) in [5.74, 6) is -1.82. The number of carbonyl (C=O) groups excluding carboxylic acids is 3. The van der Waals surface area contributed by atoms with E-state index in [1.165, 1.54) is 50.6 Å². The highest BCUT2D eigenvalue weighted by Crippen LogP contribution is 2.29. The van der Waals surface area contributed by atoms with E-state index in [2.05, 4.69) is 4.98 Å². The van der Waals surface area contributed by atoms with Gasteiger partial charge in [-0.15, -0.1) is 0 Å². The number of nitrogens with zero attached hydrogens (tertiary/aromatic N) is 1. The molecule has 43 heavy (non-hydrogen) atoms. The summed E-state index contributed by atoms with van der Waals surface area (Å²) in [5, 5.41) is 0. The van der Waals surface area contributed by atoms with Crippen molar-refractivity contribution in [3.63, 3.8) is 0 Å². The van der Waals surface area contributed by atoms with Crippen LogP contribution < -0.4 is 15.2 Å². The predicted molar refractivity (Wildman–Crippen MR) is 157 cm³/mol. The molecule has 0 radical (unpaired) electrons. The fraction of sp³-hybridized carbons (Fsp3) is 0.375. The fourth-order valence-electron chi connectivity index (χ4n) is 3.50. The lowest BCUT2D eigenvalue weighted by Gasteiger charge is -2.28. The molecule has 1 aromatic heterocycles. The Hall–Kier alpha value is -4.38. The first-order valence-electron chi connectivity index (χ1n) is 13.5. The van der Waals surface area contributed by atoms with Gasteiger partial charge in [0.15, 0.2) is 11.4 Å². The molecule has 2 aromatic carbocycles. The van der Waals surface area contributed by atoms with Crippen LogP contribution in [0.1, 0.15) is 69.1 Å². The van der Waals surface area contributed by atoms with Crippen molar-refractivity contribution >= 4 is 17.8 Å². The molecule has 0 aliphatic heterocycles. The highest BCUT2D eigenvalue weighted by molar-refractivity contribution is 5.95. The van der Waals surface area contributed by atoms with Crippen molar-refractivity contribution in [3.05, 3.63) is 89.2 Å². The van der Waals surface area contributed by atoms with Gasteiger partial charge in [0.1, 0.15) is 17.7 Å². The van der Waals surface area contributed by atoms with Gasteiger partial charge in [0, 0.05) is 32.0 Å². The molecule has 234 valence electrons. The highest BCUT2D eigenvalue weighted by Gasteiger charge is 2.24. The molecule has 11 heteroatoms. The van der Waals surface area contributed by atoms with Gasteiger partial charge in [-0.1, -0.05) is 36.8 Å². The number of rotatable bonds is 10. The van der Waals surface area contributed by atoms with Crippen LogP contribution in [0.4, 0.5) is 8.78 Å². The predicted octanol–water partition coefficient (Wildman–Crippen LogP) is 6.10. The lowest BCUT2D eigenvalue weighted by atomic mass is 10.0. The van der Waals surface area contributed by atoms with Gasteiger partial charge < -0.3 is 24.7 Å². The fourth-order valence-corrected chi connectivity index (χ4v) is 3.50. The molecule has 3 aromatic rings. The zero-order chi connectivity index (χ0) is 32.6. The number of hydrogen-bond acceptors (Lipinski definition) is 8. The molecule has 9 nitrogen and oxygen atoms in total. The van der Waals surface area contributed by atoms with Crippen molar-refractivity contribution < 1.29 is 42.1 Å². The van der Waals surface area contributed by atoms with Crippen LogP contribution >= 0.6 is 0 Å². The van der Waals surface area contributed by atoms with Crippen molar-refractivity contribution in [2.45, 2.75) is 72.7 Å². The smallest absolute Gasteiger partial charge is 0.308 e. The van der Waals surface area contributed by atoms with E-state index in [-0.39, 0.29) is 40.9 Å². The third-order valence-electron chi connectivity index (χ3n) is 5.52. The largest absolute Gasteiger partial charge is 0.493 e. The molecule has 0 bridgehead atoms. The van der Waals surface area contributed by atoms with Crippen LogP contribution in [0.25, 0.3) is 0 Å². The van der Waals surface area contributed by atoms with E-state index in [9.17, 15) is 23.2 Å². The van der Waals surface area contributed by atoms with E-state index < -0.39 is 17.5 Å². The lowest BCUT2D eigenvalue weighted by Crippen LogP contribution is -2.31. The first-order chi connectivity index (χ1) is 20.2. The minimum Gasteiger partial charge on any atom is -0.493 e. The third kappa shape index (κ3) is 14.9. The van der Waals surface area contributed by atoms with Crippen LogP contribution in [-0.2, 0) is 25.7 Å². The monoisotopic (exact) mass is 602 g/mol. The Morgan fingerprint density at radius 2 is 1.53 bits per heavy atom. The van der Waals surface area contributed by atoms with Crippen LogP contribution in [-0.4, -0.2) is 41.6 Å².